The van der Waals surface area contributed by atoms with Crippen molar-refractivity contribution in [3.63, 3.8) is 0 Å². The van der Waals surface area contributed by atoms with Gasteiger partial charge in [0.2, 0.25) is 0 Å². The third-order valence-electron chi connectivity index (χ3n) is 1.82. The minimum Gasteiger partial charge on any atom is -0.479 e. The van der Waals surface area contributed by atoms with E-state index in [1.54, 1.807) is 6.07 Å². The molecule has 0 fully saturated rings. The Balaban J connectivity index is 3.04. The van der Waals surface area contributed by atoms with Crippen molar-refractivity contribution in [3.05, 3.63) is 28.2 Å². The molecule has 0 aliphatic heterocycles. The van der Waals surface area contributed by atoms with E-state index in [0.717, 1.165) is 0 Å². The molecule has 0 radical (unpaired) electrons. The number of rotatable bonds is 4. The number of aliphatic carboxylic acids is 1. The summed E-state index contributed by atoms with van der Waals surface area (Å²) < 4.78 is 5.61. The number of hydrogen-bond donors (Lipinski definition) is 2. The standard InChI is InChI=1S/C10H9BrO5/c1-5(9(12)13)16-8-3-2-6(11)4-7(8)10(14)15/h2-5H,1H3,(H,12,13)(H,14,15)/t5-/m0/s1. The van der Waals surface area contributed by atoms with Crippen LogP contribution in [0.25, 0.3) is 0 Å². The fourth-order valence-electron chi connectivity index (χ4n) is 1.01. The third-order valence-corrected chi connectivity index (χ3v) is 2.32. The number of halogens is 1. The van der Waals surface area contributed by atoms with Crippen LogP contribution in [0.2, 0.25) is 0 Å². The highest BCUT2D eigenvalue weighted by atomic mass is 79.9. The highest BCUT2D eigenvalue weighted by Gasteiger charge is 2.17. The molecule has 1 aromatic rings. The lowest BCUT2D eigenvalue weighted by atomic mass is 10.2. The molecule has 1 rings (SSSR count). The lowest BCUT2D eigenvalue weighted by Gasteiger charge is -2.12. The molecule has 0 aliphatic rings. The topological polar surface area (TPSA) is 83.8 Å². The van der Waals surface area contributed by atoms with Crippen LogP contribution in [0.4, 0.5) is 0 Å². The molecule has 0 spiro atoms. The van der Waals surface area contributed by atoms with Crippen LogP contribution >= 0.6 is 15.9 Å². The van der Waals surface area contributed by atoms with Gasteiger partial charge in [0.05, 0.1) is 0 Å². The minimum atomic E-state index is -1.17. The zero-order chi connectivity index (χ0) is 12.3. The number of hydrogen-bond acceptors (Lipinski definition) is 3. The van der Waals surface area contributed by atoms with Crippen LogP contribution < -0.4 is 4.74 Å². The van der Waals surface area contributed by atoms with Gasteiger partial charge >= 0.3 is 11.9 Å². The van der Waals surface area contributed by atoms with E-state index >= 15 is 0 Å². The van der Waals surface area contributed by atoms with Crippen LogP contribution in [0, 0.1) is 0 Å². The summed E-state index contributed by atoms with van der Waals surface area (Å²) in [5, 5.41) is 17.5. The molecular weight excluding hydrogens is 280 g/mol. The Bertz CT molecular complexity index is 429. The smallest absolute Gasteiger partial charge is 0.344 e. The number of carboxylic acids is 2. The predicted molar refractivity (Wildman–Crippen MR) is 58.8 cm³/mol. The molecule has 2 N–H and O–H groups in total. The van der Waals surface area contributed by atoms with E-state index in [1.165, 1.54) is 19.1 Å². The van der Waals surface area contributed by atoms with Crippen LogP contribution in [0.1, 0.15) is 17.3 Å². The Labute approximate surface area is 99.8 Å². The Morgan fingerprint density at radius 2 is 2.00 bits per heavy atom. The normalized spacial score (nSPS) is 11.9. The van der Waals surface area contributed by atoms with Gasteiger partial charge in [-0.15, -0.1) is 0 Å². The largest absolute Gasteiger partial charge is 0.479 e. The Morgan fingerprint density at radius 1 is 1.38 bits per heavy atom. The first-order valence-corrected chi connectivity index (χ1v) is 5.13. The first-order chi connectivity index (χ1) is 7.41. The Hall–Kier alpha value is -1.56. The molecular formula is C10H9BrO5. The fraction of sp³-hybridized carbons (Fsp3) is 0.200. The second-order valence-corrected chi connectivity index (χ2v) is 3.96. The summed E-state index contributed by atoms with van der Waals surface area (Å²) in [6, 6.07) is 4.34. The lowest BCUT2D eigenvalue weighted by Crippen LogP contribution is -2.23. The molecule has 0 amide bonds. The number of ether oxygens (including phenoxy) is 1. The molecule has 0 heterocycles. The van der Waals surface area contributed by atoms with Crippen molar-refractivity contribution in [2.24, 2.45) is 0 Å². The van der Waals surface area contributed by atoms with Gasteiger partial charge in [-0.25, -0.2) is 9.59 Å². The summed E-state index contributed by atoms with van der Waals surface area (Å²) in [7, 11) is 0. The monoisotopic (exact) mass is 288 g/mol. The third kappa shape index (κ3) is 2.96. The quantitative estimate of drug-likeness (QED) is 0.885. The number of benzene rings is 1. The van der Waals surface area contributed by atoms with Crippen molar-refractivity contribution in [2.75, 3.05) is 0 Å². The van der Waals surface area contributed by atoms with Gasteiger partial charge in [0, 0.05) is 4.47 Å². The summed E-state index contributed by atoms with van der Waals surface area (Å²) in [4.78, 5) is 21.4. The molecule has 1 aromatic carbocycles. The fourth-order valence-corrected chi connectivity index (χ4v) is 1.37. The van der Waals surface area contributed by atoms with Crippen LogP contribution in [-0.2, 0) is 4.79 Å². The molecule has 16 heavy (non-hydrogen) atoms. The van der Waals surface area contributed by atoms with Crippen molar-refractivity contribution in [2.45, 2.75) is 13.0 Å². The van der Waals surface area contributed by atoms with E-state index < -0.39 is 18.0 Å². The van der Waals surface area contributed by atoms with Crippen molar-refractivity contribution >= 4 is 27.9 Å². The van der Waals surface area contributed by atoms with Gasteiger partial charge < -0.3 is 14.9 Å². The van der Waals surface area contributed by atoms with Gasteiger partial charge in [0.15, 0.2) is 6.10 Å². The van der Waals surface area contributed by atoms with Crippen molar-refractivity contribution in [1.82, 2.24) is 0 Å². The van der Waals surface area contributed by atoms with Gasteiger partial charge in [0.25, 0.3) is 0 Å². The summed E-state index contributed by atoms with van der Waals surface area (Å²) in [5.74, 6) is -2.29. The van der Waals surface area contributed by atoms with E-state index in [2.05, 4.69) is 15.9 Å². The van der Waals surface area contributed by atoms with Crippen molar-refractivity contribution in [1.29, 1.82) is 0 Å². The van der Waals surface area contributed by atoms with E-state index in [9.17, 15) is 9.59 Å². The first-order valence-electron chi connectivity index (χ1n) is 4.34. The molecule has 0 saturated heterocycles. The second-order valence-electron chi connectivity index (χ2n) is 3.04. The molecule has 0 aromatic heterocycles. The molecule has 0 unspecified atom stereocenters. The maximum Gasteiger partial charge on any atom is 0.344 e. The summed E-state index contributed by atoms with van der Waals surface area (Å²) in [5.41, 5.74) is -0.0810. The van der Waals surface area contributed by atoms with Gasteiger partial charge in [-0.2, -0.15) is 0 Å². The Kier molecular flexibility index (Phi) is 3.89. The number of carboxylic acid groups (broad SMARTS) is 2. The van der Waals surface area contributed by atoms with Gasteiger partial charge in [0.1, 0.15) is 11.3 Å². The second kappa shape index (κ2) is 4.98. The zero-order valence-corrected chi connectivity index (χ0v) is 9.89. The Morgan fingerprint density at radius 3 is 2.50 bits per heavy atom. The molecule has 6 heteroatoms. The SMILES string of the molecule is C[C@H](Oc1ccc(Br)cc1C(=O)O)C(=O)O. The van der Waals surface area contributed by atoms with Gasteiger partial charge in [-0.05, 0) is 25.1 Å². The predicted octanol–water partition coefficient (Wildman–Crippen LogP) is 2.00. The molecule has 86 valence electrons. The molecule has 1 atom stereocenters. The van der Waals surface area contributed by atoms with Crippen LogP contribution in [0.5, 0.6) is 5.75 Å². The van der Waals surface area contributed by atoms with Crippen LogP contribution in [0.15, 0.2) is 22.7 Å². The van der Waals surface area contributed by atoms with E-state index in [0.29, 0.717) is 4.47 Å². The average molecular weight is 289 g/mol. The van der Waals surface area contributed by atoms with E-state index in [-0.39, 0.29) is 11.3 Å². The number of carbonyl (C=O) groups is 2. The average Bonchev–Trinajstić information content (AvgIpc) is 2.20. The van der Waals surface area contributed by atoms with Gasteiger partial charge in [-0.3, -0.25) is 0 Å². The highest BCUT2D eigenvalue weighted by molar-refractivity contribution is 9.10. The lowest BCUT2D eigenvalue weighted by molar-refractivity contribution is -0.144. The van der Waals surface area contributed by atoms with E-state index in [1.807, 2.05) is 0 Å². The summed E-state index contributed by atoms with van der Waals surface area (Å²) in [6.45, 7) is 1.33. The van der Waals surface area contributed by atoms with Crippen molar-refractivity contribution < 1.29 is 24.5 Å². The van der Waals surface area contributed by atoms with Crippen molar-refractivity contribution in [3.8, 4) is 5.75 Å². The highest BCUT2D eigenvalue weighted by Crippen LogP contribution is 2.24. The van der Waals surface area contributed by atoms with E-state index in [4.69, 9.17) is 14.9 Å². The molecule has 5 nitrogen and oxygen atoms in total. The van der Waals surface area contributed by atoms with Gasteiger partial charge in [-0.1, -0.05) is 15.9 Å². The molecule has 0 bridgehead atoms. The molecule has 0 saturated carbocycles. The summed E-state index contributed by atoms with van der Waals surface area (Å²) in [6.07, 6.45) is -1.10. The maximum atomic E-state index is 10.9. The maximum absolute atomic E-state index is 10.9. The first kappa shape index (κ1) is 12.5. The minimum absolute atomic E-state index is 0.0330. The summed E-state index contributed by atoms with van der Waals surface area (Å²) >= 11 is 3.12. The zero-order valence-electron chi connectivity index (χ0n) is 8.31. The van der Waals surface area contributed by atoms with Crippen LogP contribution in [0.3, 0.4) is 0 Å². The van der Waals surface area contributed by atoms with Crippen LogP contribution in [-0.4, -0.2) is 28.3 Å². The number of aromatic carboxylic acids is 1. The molecule has 0 aliphatic carbocycles.